The highest BCUT2D eigenvalue weighted by atomic mass is 16.1. The first-order valence-electron chi connectivity index (χ1n) is 9.19. The lowest BCUT2D eigenvalue weighted by molar-refractivity contribution is 0.102. The Bertz CT molecular complexity index is 935. The Labute approximate surface area is 159 Å². The zero-order chi connectivity index (χ0) is 19.2. The van der Waals surface area contributed by atoms with Crippen molar-refractivity contribution >= 4 is 23.2 Å². The third kappa shape index (κ3) is 4.31. The van der Waals surface area contributed by atoms with E-state index in [4.69, 9.17) is 0 Å². The van der Waals surface area contributed by atoms with Crippen molar-refractivity contribution < 1.29 is 4.79 Å². The molecule has 0 aliphatic heterocycles. The number of carbonyl (C=O) groups excluding carboxylic acids is 1. The zero-order valence-corrected chi connectivity index (χ0v) is 15.9. The molecule has 138 valence electrons. The average molecular weight is 360 g/mol. The van der Waals surface area contributed by atoms with E-state index in [1.54, 1.807) is 12.4 Å². The van der Waals surface area contributed by atoms with E-state index in [1.165, 1.54) is 5.56 Å². The highest BCUT2D eigenvalue weighted by Crippen LogP contribution is 2.22. The maximum atomic E-state index is 12.6. The number of hydrogen-bond donors (Lipinski definition) is 2. The fourth-order valence-corrected chi connectivity index (χ4v) is 2.97. The van der Waals surface area contributed by atoms with E-state index in [1.807, 2.05) is 43.3 Å². The molecule has 0 saturated carbocycles. The van der Waals surface area contributed by atoms with Gasteiger partial charge in [-0.05, 0) is 42.5 Å². The third-order valence-electron chi connectivity index (χ3n) is 4.54. The summed E-state index contributed by atoms with van der Waals surface area (Å²) in [6, 6.07) is 14.1. The Hall–Kier alpha value is -3.21. The van der Waals surface area contributed by atoms with Crippen LogP contribution in [0.2, 0.25) is 0 Å². The van der Waals surface area contributed by atoms with Gasteiger partial charge in [0.25, 0.3) is 5.91 Å². The van der Waals surface area contributed by atoms with E-state index < -0.39 is 0 Å². The molecule has 0 spiro atoms. The number of amides is 1. The molecule has 5 heteroatoms. The number of nitrogens with one attached hydrogen (secondary N) is 2. The molecule has 0 bridgehead atoms. The minimum Gasteiger partial charge on any atom is -0.324 e. The zero-order valence-electron chi connectivity index (χ0n) is 15.9. The molecule has 0 aliphatic carbocycles. The van der Waals surface area contributed by atoms with Gasteiger partial charge in [0, 0.05) is 23.8 Å². The molecular formula is C22H24N4O. The molecule has 0 aliphatic rings. The number of benzene rings is 2. The molecule has 27 heavy (non-hydrogen) atoms. The summed E-state index contributed by atoms with van der Waals surface area (Å²) in [4.78, 5) is 21.2. The molecule has 2 aromatic carbocycles. The Morgan fingerprint density at radius 1 is 0.926 bits per heavy atom. The Balaban J connectivity index is 1.75. The van der Waals surface area contributed by atoms with Gasteiger partial charge in [-0.3, -0.25) is 4.79 Å². The lowest BCUT2D eigenvalue weighted by Gasteiger charge is -2.13. The fourth-order valence-electron chi connectivity index (χ4n) is 2.97. The van der Waals surface area contributed by atoms with Crippen molar-refractivity contribution in [2.75, 3.05) is 10.6 Å². The summed E-state index contributed by atoms with van der Waals surface area (Å²) in [5.74, 6) is 0.261. The number of aromatic nitrogens is 2. The van der Waals surface area contributed by atoms with Crippen LogP contribution in [0, 0.1) is 6.92 Å². The SMILES string of the molecule is CCc1ccccc1Nc1ncc(C(=O)Nc2c(C)cccc2CC)cn1. The monoisotopic (exact) mass is 360 g/mol. The van der Waals surface area contributed by atoms with Crippen molar-refractivity contribution in [3.63, 3.8) is 0 Å². The quantitative estimate of drug-likeness (QED) is 0.656. The third-order valence-corrected chi connectivity index (χ3v) is 4.54. The second kappa shape index (κ2) is 8.45. The Morgan fingerprint density at radius 2 is 1.59 bits per heavy atom. The minimum absolute atomic E-state index is 0.209. The van der Waals surface area contributed by atoms with Gasteiger partial charge in [0.15, 0.2) is 0 Å². The van der Waals surface area contributed by atoms with E-state index in [9.17, 15) is 4.79 Å². The van der Waals surface area contributed by atoms with Crippen LogP contribution in [0.15, 0.2) is 54.9 Å². The normalized spacial score (nSPS) is 10.5. The first kappa shape index (κ1) is 18.6. The summed E-state index contributed by atoms with van der Waals surface area (Å²) in [6.45, 7) is 6.16. The van der Waals surface area contributed by atoms with Crippen molar-refractivity contribution in [1.82, 2.24) is 9.97 Å². The van der Waals surface area contributed by atoms with E-state index in [-0.39, 0.29) is 5.91 Å². The molecule has 0 unspecified atom stereocenters. The van der Waals surface area contributed by atoms with Gasteiger partial charge in [-0.15, -0.1) is 0 Å². The molecule has 0 saturated heterocycles. The summed E-state index contributed by atoms with van der Waals surface area (Å²) < 4.78 is 0. The average Bonchev–Trinajstić information content (AvgIpc) is 2.70. The first-order chi connectivity index (χ1) is 13.1. The number of para-hydroxylation sites is 2. The van der Waals surface area contributed by atoms with Crippen molar-refractivity contribution in [1.29, 1.82) is 0 Å². The second-order valence-electron chi connectivity index (χ2n) is 6.35. The first-order valence-corrected chi connectivity index (χ1v) is 9.19. The number of anilines is 3. The van der Waals surface area contributed by atoms with Crippen LogP contribution >= 0.6 is 0 Å². The number of aryl methyl sites for hydroxylation is 3. The summed E-state index contributed by atoms with van der Waals surface area (Å²) in [7, 11) is 0. The largest absolute Gasteiger partial charge is 0.324 e. The Kier molecular flexibility index (Phi) is 5.81. The van der Waals surface area contributed by atoms with Gasteiger partial charge in [-0.25, -0.2) is 9.97 Å². The van der Waals surface area contributed by atoms with E-state index in [2.05, 4.69) is 40.5 Å². The molecule has 1 heterocycles. The highest BCUT2D eigenvalue weighted by Gasteiger charge is 2.12. The maximum absolute atomic E-state index is 12.6. The molecule has 3 rings (SSSR count). The number of carbonyl (C=O) groups is 1. The van der Waals surface area contributed by atoms with E-state index in [0.29, 0.717) is 11.5 Å². The van der Waals surface area contributed by atoms with Gasteiger partial charge in [-0.2, -0.15) is 0 Å². The molecule has 3 aromatic rings. The molecule has 0 fully saturated rings. The number of nitrogens with zero attached hydrogens (tertiary/aromatic N) is 2. The highest BCUT2D eigenvalue weighted by molar-refractivity contribution is 6.04. The van der Waals surface area contributed by atoms with Crippen LogP contribution in [0.3, 0.4) is 0 Å². The summed E-state index contributed by atoms with van der Waals surface area (Å²) in [6.07, 6.45) is 4.86. The van der Waals surface area contributed by atoms with Crippen molar-refractivity contribution in [3.8, 4) is 0 Å². The topological polar surface area (TPSA) is 66.9 Å². The predicted molar refractivity (Wildman–Crippen MR) is 110 cm³/mol. The van der Waals surface area contributed by atoms with Crippen molar-refractivity contribution in [2.24, 2.45) is 0 Å². The van der Waals surface area contributed by atoms with Crippen LogP contribution in [-0.2, 0) is 12.8 Å². The lowest BCUT2D eigenvalue weighted by Crippen LogP contribution is -2.15. The van der Waals surface area contributed by atoms with Crippen LogP contribution in [0.25, 0.3) is 0 Å². The maximum Gasteiger partial charge on any atom is 0.258 e. The molecular weight excluding hydrogens is 336 g/mol. The summed E-state index contributed by atoms with van der Waals surface area (Å²) >= 11 is 0. The summed E-state index contributed by atoms with van der Waals surface area (Å²) in [5.41, 5.74) is 5.61. The van der Waals surface area contributed by atoms with Gasteiger partial charge < -0.3 is 10.6 Å². The Morgan fingerprint density at radius 3 is 2.30 bits per heavy atom. The van der Waals surface area contributed by atoms with Gasteiger partial charge in [0.05, 0.1) is 5.56 Å². The standard InChI is InChI=1S/C22H24N4O/c1-4-16-10-6-7-12-19(16)25-22-23-13-18(14-24-22)21(27)26-20-15(3)9-8-11-17(20)5-2/h6-14H,4-5H2,1-3H3,(H,26,27)(H,23,24,25). The molecule has 1 aromatic heterocycles. The van der Waals surface area contributed by atoms with Gasteiger partial charge in [-0.1, -0.05) is 50.2 Å². The van der Waals surface area contributed by atoms with Crippen LogP contribution in [-0.4, -0.2) is 15.9 Å². The fraction of sp³-hybridized carbons (Fsp3) is 0.227. The number of hydrogen-bond acceptors (Lipinski definition) is 4. The molecule has 1 amide bonds. The predicted octanol–water partition coefficient (Wildman–Crippen LogP) is 4.91. The smallest absolute Gasteiger partial charge is 0.258 e. The van der Waals surface area contributed by atoms with Gasteiger partial charge >= 0.3 is 0 Å². The van der Waals surface area contributed by atoms with Gasteiger partial charge in [0.1, 0.15) is 0 Å². The van der Waals surface area contributed by atoms with Crippen LogP contribution < -0.4 is 10.6 Å². The van der Waals surface area contributed by atoms with Crippen LogP contribution in [0.5, 0.6) is 0 Å². The lowest BCUT2D eigenvalue weighted by atomic mass is 10.1. The van der Waals surface area contributed by atoms with Crippen LogP contribution in [0.1, 0.15) is 40.9 Å². The number of rotatable bonds is 6. The molecule has 0 atom stereocenters. The van der Waals surface area contributed by atoms with E-state index in [0.717, 1.165) is 35.3 Å². The molecule has 2 N–H and O–H groups in total. The van der Waals surface area contributed by atoms with Crippen molar-refractivity contribution in [3.05, 3.63) is 77.1 Å². The van der Waals surface area contributed by atoms with E-state index >= 15 is 0 Å². The van der Waals surface area contributed by atoms with Crippen molar-refractivity contribution in [2.45, 2.75) is 33.6 Å². The van der Waals surface area contributed by atoms with Crippen LogP contribution in [0.4, 0.5) is 17.3 Å². The summed E-state index contributed by atoms with van der Waals surface area (Å²) in [5, 5.41) is 6.21. The second-order valence-corrected chi connectivity index (χ2v) is 6.35. The molecule has 5 nitrogen and oxygen atoms in total. The minimum atomic E-state index is -0.209. The molecule has 0 radical (unpaired) electrons. The van der Waals surface area contributed by atoms with Gasteiger partial charge in [0.2, 0.25) is 5.95 Å².